The molecule has 1 fully saturated rings. The van der Waals surface area contributed by atoms with E-state index in [0.29, 0.717) is 36.3 Å². The van der Waals surface area contributed by atoms with Gasteiger partial charge in [0.2, 0.25) is 0 Å². The van der Waals surface area contributed by atoms with Crippen molar-refractivity contribution in [2.45, 2.75) is 0 Å². The molecule has 1 aliphatic heterocycles. The van der Waals surface area contributed by atoms with Gasteiger partial charge in [-0.1, -0.05) is 18.2 Å². The Kier molecular flexibility index (Phi) is 4.79. The number of amides is 1. The minimum atomic E-state index is 0.0232. The van der Waals surface area contributed by atoms with Crippen molar-refractivity contribution < 1.29 is 14.2 Å². The van der Waals surface area contributed by atoms with Crippen LogP contribution in [-0.2, 0) is 0 Å². The minimum absolute atomic E-state index is 0.0232. The molecule has 134 valence electrons. The molecule has 1 aliphatic rings. The van der Waals surface area contributed by atoms with Gasteiger partial charge >= 0.3 is 0 Å². The Morgan fingerprint density at radius 1 is 1.00 bits per heavy atom. The third-order valence-corrected chi connectivity index (χ3v) is 4.58. The lowest BCUT2D eigenvalue weighted by molar-refractivity contribution is 0.0620. The van der Waals surface area contributed by atoms with Crippen LogP contribution in [0.2, 0.25) is 0 Å². The number of nitrogens with zero attached hydrogens (tertiary/aromatic N) is 4. The molecule has 2 aromatic carbocycles. The van der Waals surface area contributed by atoms with Crippen molar-refractivity contribution in [3.63, 3.8) is 0 Å². The molecule has 1 aromatic heterocycles. The van der Waals surface area contributed by atoms with Gasteiger partial charge in [-0.2, -0.15) is 0 Å². The Morgan fingerprint density at radius 2 is 1.77 bits per heavy atom. The van der Waals surface area contributed by atoms with Crippen molar-refractivity contribution in [1.29, 1.82) is 0 Å². The van der Waals surface area contributed by atoms with Crippen molar-refractivity contribution in [2.75, 3.05) is 39.3 Å². The van der Waals surface area contributed by atoms with Gasteiger partial charge in [-0.25, -0.2) is 4.63 Å². The highest BCUT2D eigenvalue weighted by Gasteiger charge is 2.22. The van der Waals surface area contributed by atoms with E-state index in [9.17, 15) is 4.79 Å². The highest BCUT2D eigenvalue weighted by molar-refractivity contribution is 5.97. The first-order valence-electron chi connectivity index (χ1n) is 8.71. The topological polar surface area (TPSA) is 71.7 Å². The largest absolute Gasteiger partial charge is 0.492 e. The Bertz CT molecular complexity index is 873. The third kappa shape index (κ3) is 3.67. The molecule has 2 heterocycles. The monoisotopic (exact) mass is 352 g/mol. The number of carbonyl (C=O) groups excluding carboxylic acids is 1. The maximum atomic E-state index is 12.7. The zero-order chi connectivity index (χ0) is 17.8. The second-order valence-electron chi connectivity index (χ2n) is 6.26. The molecule has 7 heteroatoms. The van der Waals surface area contributed by atoms with Gasteiger partial charge < -0.3 is 9.64 Å². The van der Waals surface area contributed by atoms with Gasteiger partial charge in [0.25, 0.3) is 5.91 Å². The molecule has 26 heavy (non-hydrogen) atoms. The first-order valence-corrected chi connectivity index (χ1v) is 8.71. The Labute approximate surface area is 151 Å². The fraction of sp³-hybridized carbons (Fsp3) is 0.316. The predicted molar refractivity (Wildman–Crippen MR) is 96.1 cm³/mol. The molecular formula is C19H20N4O3. The van der Waals surface area contributed by atoms with Crippen LogP contribution in [0.15, 0.2) is 53.2 Å². The van der Waals surface area contributed by atoms with Crippen LogP contribution in [0.3, 0.4) is 0 Å². The van der Waals surface area contributed by atoms with Crippen molar-refractivity contribution in [2.24, 2.45) is 0 Å². The number of benzene rings is 2. The van der Waals surface area contributed by atoms with Gasteiger partial charge in [-0.15, -0.1) is 0 Å². The maximum Gasteiger partial charge on any atom is 0.254 e. The fourth-order valence-electron chi connectivity index (χ4n) is 3.08. The van der Waals surface area contributed by atoms with Crippen LogP contribution >= 0.6 is 0 Å². The number of rotatable bonds is 5. The second-order valence-corrected chi connectivity index (χ2v) is 6.26. The summed E-state index contributed by atoms with van der Waals surface area (Å²) in [6, 6.07) is 15.1. The van der Waals surface area contributed by atoms with E-state index in [1.807, 2.05) is 35.2 Å². The molecule has 1 amide bonds. The third-order valence-electron chi connectivity index (χ3n) is 4.58. The van der Waals surface area contributed by atoms with E-state index in [2.05, 4.69) is 19.8 Å². The number of piperazine rings is 1. The molecule has 0 aliphatic carbocycles. The Hall–Kier alpha value is -2.93. The number of fused-ring (bicyclic) bond motifs is 1. The zero-order valence-corrected chi connectivity index (χ0v) is 14.4. The maximum absolute atomic E-state index is 12.7. The smallest absolute Gasteiger partial charge is 0.254 e. The van der Waals surface area contributed by atoms with Crippen LogP contribution < -0.4 is 4.74 Å². The summed E-state index contributed by atoms with van der Waals surface area (Å²) in [6.07, 6.45) is 0. The van der Waals surface area contributed by atoms with Crippen LogP contribution in [-0.4, -0.2) is 65.4 Å². The number of hydrogen-bond donors (Lipinski definition) is 0. The SMILES string of the molecule is O=C(c1ccc2nonc2c1)N1CCN(CCOc2ccccc2)CC1. The van der Waals surface area contributed by atoms with Gasteiger partial charge in [0.1, 0.15) is 23.4 Å². The second kappa shape index (κ2) is 7.53. The molecule has 0 unspecified atom stereocenters. The molecule has 1 saturated heterocycles. The molecule has 0 spiro atoms. The zero-order valence-electron chi connectivity index (χ0n) is 14.4. The summed E-state index contributed by atoms with van der Waals surface area (Å²) in [5.74, 6) is 0.911. The lowest BCUT2D eigenvalue weighted by atomic mass is 10.1. The summed E-state index contributed by atoms with van der Waals surface area (Å²) >= 11 is 0. The summed E-state index contributed by atoms with van der Waals surface area (Å²) in [7, 11) is 0. The van der Waals surface area contributed by atoms with Gasteiger partial charge in [0, 0.05) is 38.3 Å². The molecule has 0 bridgehead atoms. The molecule has 3 aromatic rings. The van der Waals surface area contributed by atoms with E-state index in [0.717, 1.165) is 25.4 Å². The average molecular weight is 352 g/mol. The van der Waals surface area contributed by atoms with Crippen molar-refractivity contribution in [3.8, 4) is 5.75 Å². The highest BCUT2D eigenvalue weighted by Crippen LogP contribution is 2.15. The Morgan fingerprint density at radius 3 is 2.58 bits per heavy atom. The minimum Gasteiger partial charge on any atom is -0.492 e. The predicted octanol–water partition coefficient (Wildman–Crippen LogP) is 2.06. The summed E-state index contributed by atoms with van der Waals surface area (Å²) < 4.78 is 10.4. The van der Waals surface area contributed by atoms with E-state index in [4.69, 9.17) is 4.74 Å². The molecule has 0 N–H and O–H groups in total. The summed E-state index contributed by atoms with van der Waals surface area (Å²) in [5.41, 5.74) is 1.88. The number of ether oxygens (including phenoxy) is 1. The molecular weight excluding hydrogens is 332 g/mol. The van der Waals surface area contributed by atoms with Gasteiger partial charge in [0.05, 0.1) is 0 Å². The Balaban J connectivity index is 1.27. The number of para-hydroxylation sites is 1. The van der Waals surface area contributed by atoms with E-state index >= 15 is 0 Å². The van der Waals surface area contributed by atoms with Crippen LogP contribution in [0, 0.1) is 0 Å². The van der Waals surface area contributed by atoms with E-state index in [1.165, 1.54) is 0 Å². The van der Waals surface area contributed by atoms with E-state index in [-0.39, 0.29) is 5.91 Å². The van der Waals surface area contributed by atoms with Gasteiger partial charge in [-0.05, 0) is 40.6 Å². The lowest BCUT2D eigenvalue weighted by Gasteiger charge is -2.34. The van der Waals surface area contributed by atoms with Crippen LogP contribution in [0.5, 0.6) is 5.75 Å². The van der Waals surface area contributed by atoms with Gasteiger partial charge in [0.15, 0.2) is 0 Å². The first-order chi connectivity index (χ1) is 12.8. The van der Waals surface area contributed by atoms with E-state index < -0.39 is 0 Å². The van der Waals surface area contributed by atoms with Crippen LogP contribution in [0.25, 0.3) is 11.0 Å². The average Bonchev–Trinajstić information content (AvgIpc) is 3.17. The summed E-state index contributed by atoms with van der Waals surface area (Å²) in [6.45, 7) is 4.61. The normalized spacial score (nSPS) is 15.3. The van der Waals surface area contributed by atoms with Crippen molar-refractivity contribution >= 4 is 16.9 Å². The molecule has 0 atom stereocenters. The van der Waals surface area contributed by atoms with Crippen molar-refractivity contribution in [3.05, 3.63) is 54.1 Å². The quantitative estimate of drug-likeness (QED) is 0.700. The van der Waals surface area contributed by atoms with Crippen molar-refractivity contribution in [1.82, 2.24) is 20.1 Å². The molecule has 0 saturated carbocycles. The van der Waals surface area contributed by atoms with Crippen LogP contribution in [0.1, 0.15) is 10.4 Å². The molecule has 0 radical (unpaired) electrons. The summed E-state index contributed by atoms with van der Waals surface area (Å²) in [5, 5.41) is 7.56. The number of carbonyl (C=O) groups is 1. The lowest BCUT2D eigenvalue weighted by Crippen LogP contribution is -2.49. The first kappa shape index (κ1) is 16.5. The van der Waals surface area contributed by atoms with Gasteiger partial charge in [-0.3, -0.25) is 9.69 Å². The fourth-order valence-corrected chi connectivity index (χ4v) is 3.08. The summed E-state index contributed by atoms with van der Waals surface area (Å²) in [4.78, 5) is 16.9. The van der Waals surface area contributed by atoms with E-state index in [1.54, 1.807) is 18.2 Å². The molecule has 7 nitrogen and oxygen atoms in total. The molecule has 4 rings (SSSR count). The number of hydrogen-bond acceptors (Lipinski definition) is 6. The highest BCUT2D eigenvalue weighted by atomic mass is 16.6. The number of aromatic nitrogens is 2. The van der Waals surface area contributed by atoms with Crippen LogP contribution in [0.4, 0.5) is 0 Å². The standard InChI is InChI=1S/C19H20N4O3/c24-19(15-6-7-17-18(14-15)21-26-20-17)23-10-8-22(9-11-23)12-13-25-16-4-2-1-3-5-16/h1-7,14H,8-13H2.